The molecule has 0 fully saturated rings. The van der Waals surface area contributed by atoms with Gasteiger partial charge in [0.2, 0.25) is 0 Å². The van der Waals surface area contributed by atoms with Crippen LogP contribution in [-0.2, 0) is 0 Å². The van der Waals surface area contributed by atoms with Crippen molar-refractivity contribution in [3.05, 3.63) is 64.2 Å². The molecule has 0 saturated heterocycles. The zero-order valence-electron chi connectivity index (χ0n) is 12.1. The van der Waals surface area contributed by atoms with E-state index in [1.807, 2.05) is 25.2 Å². The second-order valence-corrected chi connectivity index (χ2v) is 6.34. The summed E-state index contributed by atoms with van der Waals surface area (Å²) < 4.78 is 0. The zero-order valence-corrected chi connectivity index (χ0v) is 13.7. The van der Waals surface area contributed by atoms with E-state index >= 15 is 0 Å². The number of nitrogens with one attached hydrogen (secondary N) is 1. The molecule has 1 unspecified atom stereocenters. The Kier molecular flexibility index (Phi) is 5.53. The summed E-state index contributed by atoms with van der Waals surface area (Å²) in [6.07, 6.45) is 0. The Labute approximate surface area is 130 Å². The van der Waals surface area contributed by atoms with Crippen molar-refractivity contribution in [3.8, 4) is 0 Å². The first-order valence-electron chi connectivity index (χ1n) is 6.74. The molecular weight excluding hydrogens is 286 g/mol. The lowest BCUT2D eigenvalue weighted by Crippen LogP contribution is -2.20. The quantitative estimate of drug-likeness (QED) is 0.779. The molecule has 0 aliphatic rings. The third kappa shape index (κ3) is 3.57. The van der Waals surface area contributed by atoms with Crippen LogP contribution in [0.1, 0.15) is 22.7 Å². The van der Waals surface area contributed by atoms with Gasteiger partial charge in [-0.3, -0.25) is 0 Å². The average Bonchev–Trinajstić information content (AvgIpc) is 2.45. The van der Waals surface area contributed by atoms with Crippen molar-refractivity contribution >= 4 is 23.4 Å². The maximum atomic E-state index is 6.21. The van der Waals surface area contributed by atoms with Crippen LogP contribution >= 0.6 is 23.4 Å². The van der Waals surface area contributed by atoms with E-state index in [9.17, 15) is 0 Å². The van der Waals surface area contributed by atoms with Gasteiger partial charge >= 0.3 is 0 Å². The van der Waals surface area contributed by atoms with Gasteiger partial charge in [-0.2, -0.15) is 0 Å². The number of rotatable bonds is 5. The Bertz CT molecular complexity index is 583. The average molecular weight is 306 g/mol. The summed E-state index contributed by atoms with van der Waals surface area (Å²) in [5, 5.41) is 4.24. The predicted molar refractivity (Wildman–Crippen MR) is 89.9 cm³/mol. The van der Waals surface area contributed by atoms with Crippen LogP contribution in [0.4, 0.5) is 0 Å². The van der Waals surface area contributed by atoms with E-state index < -0.39 is 0 Å². The monoisotopic (exact) mass is 305 g/mol. The minimum absolute atomic E-state index is 0.330. The van der Waals surface area contributed by atoms with Gasteiger partial charge in [-0.15, -0.1) is 11.8 Å². The largest absolute Gasteiger partial charge is 0.312 e. The van der Waals surface area contributed by atoms with Gasteiger partial charge in [0.25, 0.3) is 0 Å². The van der Waals surface area contributed by atoms with E-state index in [0.717, 1.165) is 15.7 Å². The number of hydrogen-bond acceptors (Lipinski definition) is 2. The van der Waals surface area contributed by atoms with Crippen molar-refractivity contribution in [1.29, 1.82) is 0 Å². The van der Waals surface area contributed by atoms with Gasteiger partial charge in [-0.1, -0.05) is 41.9 Å². The predicted octanol–water partition coefficient (Wildman–Crippen LogP) is 5.01. The fraction of sp³-hybridized carbons (Fsp3) is 0.294. The molecule has 0 heterocycles. The normalized spacial score (nSPS) is 12.4. The van der Waals surface area contributed by atoms with Crippen LogP contribution in [0.5, 0.6) is 0 Å². The first kappa shape index (κ1) is 15.4. The lowest BCUT2D eigenvalue weighted by molar-refractivity contribution is 0.657. The zero-order chi connectivity index (χ0) is 14.5. The van der Waals surface area contributed by atoms with Gasteiger partial charge in [-0.25, -0.2) is 0 Å². The molecule has 1 N–H and O–H groups in total. The Hall–Kier alpha value is -0.960. The van der Waals surface area contributed by atoms with E-state index in [1.54, 1.807) is 11.8 Å². The van der Waals surface area contributed by atoms with Crippen LogP contribution in [0.2, 0.25) is 5.02 Å². The van der Waals surface area contributed by atoms with E-state index in [-0.39, 0.29) is 0 Å². The summed E-state index contributed by atoms with van der Waals surface area (Å²) >= 11 is 8.01. The molecule has 0 spiro atoms. The topological polar surface area (TPSA) is 12.0 Å². The number of hydrogen-bond donors (Lipinski definition) is 1. The Balaban J connectivity index is 2.14. The van der Waals surface area contributed by atoms with Gasteiger partial charge in [0.15, 0.2) is 0 Å². The summed E-state index contributed by atoms with van der Waals surface area (Å²) in [5.74, 6) is 0.963. The maximum absolute atomic E-state index is 6.21. The summed E-state index contributed by atoms with van der Waals surface area (Å²) in [6.45, 7) is 4.35. The van der Waals surface area contributed by atoms with Gasteiger partial charge in [0.05, 0.1) is 5.02 Å². The molecule has 2 aromatic carbocycles. The molecule has 0 amide bonds. The molecule has 0 saturated carbocycles. The number of thioether (sulfide) groups is 1. The molecular formula is C17H20ClNS. The lowest BCUT2D eigenvalue weighted by atomic mass is 9.98. The van der Waals surface area contributed by atoms with Crippen LogP contribution in [-0.4, -0.2) is 12.8 Å². The third-order valence-corrected chi connectivity index (χ3v) is 5.22. The SMILES string of the molecule is CNC(CSc1ccccc1Cl)c1cccc(C)c1C. The van der Waals surface area contributed by atoms with E-state index in [0.29, 0.717) is 6.04 Å². The summed E-state index contributed by atoms with van der Waals surface area (Å²) in [4.78, 5) is 1.14. The maximum Gasteiger partial charge on any atom is 0.0541 e. The Morgan fingerprint density at radius 2 is 1.85 bits per heavy atom. The highest BCUT2D eigenvalue weighted by molar-refractivity contribution is 7.99. The molecule has 106 valence electrons. The van der Waals surface area contributed by atoms with Gasteiger partial charge < -0.3 is 5.32 Å². The van der Waals surface area contributed by atoms with Crippen LogP contribution in [0, 0.1) is 13.8 Å². The van der Waals surface area contributed by atoms with Gasteiger partial charge in [0, 0.05) is 16.7 Å². The molecule has 0 radical (unpaired) electrons. The fourth-order valence-corrected chi connectivity index (χ4v) is 3.59. The smallest absolute Gasteiger partial charge is 0.0541 e. The molecule has 3 heteroatoms. The molecule has 1 nitrogen and oxygen atoms in total. The summed E-state index contributed by atoms with van der Waals surface area (Å²) in [6, 6.07) is 14.8. The third-order valence-electron chi connectivity index (χ3n) is 3.61. The van der Waals surface area contributed by atoms with Crippen molar-refractivity contribution in [2.24, 2.45) is 0 Å². The molecule has 0 aliphatic heterocycles. The van der Waals surface area contributed by atoms with Crippen molar-refractivity contribution in [2.45, 2.75) is 24.8 Å². The highest BCUT2D eigenvalue weighted by Gasteiger charge is 2.13. The fourth-order valence-electron chi connectivity index (χ4n) is 2.21. The van der Waals surface area contributed by atoms with E-state index in [2.05, 4.69) is 43.4 Å². The summed E-state index contributed by atoms with van der Waals surface area (Å²) in [7, 11) is 2.01. The number of benzene rings is 2. The second kappa shape index (κ2) is 7.16. The number of aryl methyl sites for hydroxylation is 1. The van der Waals surface area contributed by atoms with E-state index in [1.165, 1.54) is 16.7 Å². The first-order chi connectivity index (χ1) is 9.63. The Morgan fingerprint density at radius 1 is 1.10 bits per heavy atom. The van der Waals surface area contributed by atoms with Crippen LogP contribution in [0.3, 0.4) is 0 Å². The standard InChI is InChI=1S/C17H20ClNS/c1-12-7-6-8-14(13(12)2)16(19-3)11-20-17-10-5-4-9-15(17)18/h4-10,16,19H,11H2,1-3H3. The molecule has 1 atom stereocenters. The van der Waals surface area contributed by atoms with Crippen molar-refractivity contribution in [1.82, 2.24) is 5.32 Å². The van der Waals surface area contributed by atoms with Crippen molar-refractivity contribution in [2.75, 3.05) is 12.8 Å². The molecule has 0 aromatic heterocycles. The minimum atomic E-state index is 0.330. The molecule has 2 aromatic rings. The van der Waals surface area contributed by atoms with Crippen molar-refractivity contribution in [3.63, 3.8) is 0 Å². The highest BCUT2D eigenvalue weighted by Crippen LogP contribution is 2.31. The molecule has 0 bridgehead atoms. The number of halogens is 1. The molecule has 2 rings (SSSR count). The Morgan fingerprint density at radius 3 is 2.55 bits per heavy atom. The van der Waals surface area contributed by atoms with Crippen LogP contribution < -0.4 is 5.32 Å². The highest BCUT2D eigenvalue weighted by atomic mass is 35.5. The van der Waals surface area contributed by atoms with E-state index in [4.69, 9.17) is 11.6 Å². The molecule has 20 heavy (non-hydrogen) atoms. The van der Waals surface area contributed by atoms with Crippen LogP contribution in [0.15, 0.2) is 47.4 Å². The summed E-state index contributed by atoms with van der Waals surface area (Å²) in [5.41, 5.74) is 4.07. The van der Waals surface area contributed by atoms with Crippen molar-refractivity contribution < 1.29 is 0 Å². The van der Waals surface area contributed by atoms with Gasteiger partial charge in [-0.05, 0) is 49.7 Å². The minimum Gasteiger partial charge on any atom is -0.312 e. The van der Waals surface area contributed by atoms with Crippen LogP contribution in [0.25, 0.3) is 0 Å². The first-order valence-corrected chi connectivity index (χ1v) is 8.10. The molecule has 0 aliphatic carbocycles. The van der Waals surface area contributed by atoms with Gasteiger partial charge in [0.1, 0.15) is 0 Å². The second-order valence-electron chi connectivity index (χ2n) is 4.87. The lowest BCUT2D eigenvalue weighted by Gasteiger charge is -2.20.